The van der Waals surface area contributed by atoms with Crippen molar-refractivity contribution in [1.29, 1.82) is 0 Å². The summed E-state index contributed by atoms with van der Waals surface area (Å²) < 4.78 is 5.13. The van der Waals surface area contributed by atoms with Crippen molar-refractivity contribution in [3.63, 3.8) is 0 Å². The predicted octanol–water partition coefficient (Wildman–Crippen LogP) is 1.44. The molecule has 5 heteroatoms. The van der Waals surface area contributed by atoms with E-state index in [0.29, 0.717) is 13.0 Å². The van der Waals surface area contributed by atoms with E-state index in [2.05, 4.69) is 10.6 Å². The number of ether oxygens (including phenoxy) is 1. The van der Waals surface area contributed by atoms with Crippen molar-refractivity contribution in [3.05, 3.63) is 35.9 Å². The summed E-state index contributed by atoms with van der Waals surface area (Å²) in [6.07, 6.45) is 0.535. The highest BCUT2D eigenvalue weighted by molar-refractivity contribution is 5.74. The number of benzene rings is 1. The van der Waals surface area contributed by atoms with Crippen LogP contribution in [0.4, 0.5) is 4.79 Å². The first-order chi connectivity index (χ1) is 9.17. The van der Waals surface area contributed by atoms with Crippen LogP contribution in [0.3, 0.4) is 0 Å². The molecule has 2 amide bonds. The SMILES string of the molecule is COCC(NC(=O)N[C@H](C)CCO)c1ccccc1. The lowest BCUT2D eigenvalue weighted by Crippen LogP contribution is -2.43. The predicted molar refractivity (Wildman–Crippen MR) is 73.9 cm³/mol. The smallest absolute Gasteiger partial charge is 0.315 e. The second-order valence-electron chi connectivity index (χ2n) is 4.45. The van der Waals surface area contributed by atoms with Gasteiger partial charge in [0.05, 0.1) is 12.6 Å². The number of aliphatic hydroxyl groups excluding tert-OH is 1. The van der Waals surface area contributed by atoms with Crippen molar-refractivity contribution in [2.24, 2.45) is 0 Å². The van der Waals surface area contributed by atoms with Crippen LogP contribution in [0, 0.1) is 0 Å². The Bertz CT molecular complexity index is 370. The Morgan fingerprint density at radius 3 is 2.58 bits per heavy atom. The molecule has 0 heterocycles. The number of hydrogen-bond donors (Lipinski definition) is 3. The Morgan fingerprint density at radius 2 is 2.00 bits per heavy atom. The molecule has 0 spiro atoms. The summed E-state index contributed by atoms with van der Waals surface area (Å²) in [7, 11) is 1.60. The molecule has 1 unspecified atom stereocenters. The first kappa shape index (κ1) is 15.5. The number of carbonyl (C=O) groups excluding carboxylic acids is 1. The number of nitrogens with one attached hydrogen (secondary N) is 2. The molecule has 106 valence electrons. The van der Waals surface area contributed by atoms with Gasteiger partial charge in [-0.2, -0.15) is 0 Å². The second kappa shape index (κ2) is 8.50. The van der Waals surface area contributed by atoms with E-state index < -0.39 is 0 Å². The Labute approximate surface area is 114 Å². The van der Waals surface area contributed by atoms with E-state index in [-0.39, 0.29) is 24.7 Å². The number of urea groups is 1. The second-order valence-corrected chi connectivity index (χ2v) is 4.45. The highest BCUT2D eigenvalue weighted by Crippen LogP contribution is 2.12. The number of hydrogen-bond acceptors (Lipinski definition) is 3. The molecule has 19 heavy (non-hydrogen) atoms. The third-order valence-corrected chi connectivity index (χ3v) is 2.78. The zero-order valence-electron chi connectivity index (χ0n) is 11.4. The molecule has 1 rings (SSSR count). The van der Waals surface area contributed by atoms with Gasteiger partial charge in [-0.1, -0.05) is 30.3 Å². The Balaban J connectivity index is 2.56. The fourth-order valence-electron chi connectivity index (χ4n) is 1.76. The van der Waals surface area contributed by atoms with Crippen molar-refractivity contribution < 1.29 is 14.6 Å². The summed E-state index contributed by atoms with van der Waals surface area (Å²) in [6.45, 7) is 2.32. The zero-order chi connectivity index (χ0) is 14.1. The molecule has 1 aromatic carbocycles. The van der Waals surface area contributed by atoms with Crippen LogP contribution < -0.4 is 10.6 Å². The molecule has 2 atom stereocenters. The van der Waals surface area contributed by atoms with E-state index in [1.165, 1.54) is 0 Å². The van der Waals surface area contributed by atoms with Gasteiger partial charge in [0, 0.05) is 19.8 Å². The van der Waals surface area contributed by atoms with Crippen LogP contribution in [0.15, 0.2) is 30.3 Å². The molecule has 0 aliphatic heterocycles. The van der Waals surface area contributed by atoms with Gasteiger partial charge < -0.3 is 20.5 Å². The lowest BCUT2D eigenvalue weighted by molar-refractivity contribution is 0.165. The van der Waals surface area contributed by atoms with E-state index in [1.54, 1.807) is 7.11 Å². The van der Waals surface area contributed by atoms with E-state index in [4.69, 9.17) is 9.84 Å². The summed E-state index contributed by atoms with van der Waals surface area (Å²) in [4.78, 5) is 11.8. The molecule has 0 aliphatic rings. The van der Waals surface area contributed by atoms with Gasteiger partial charge in [0.25, 0.3) is 0 Å². The third-order valence-electron chi connectivity index (χ3n) is 2.78. The first-order valence-corrected chi connectivity index (χ1v) is 6.39. The maximum absolute atomic E-state index is 11.8. The fraction of sp³-hybridized carbons (Fsp3) is 0.500. The van der Waals surface area contributed by atoms with Crippen LogP contribution in [0.25, 0.3) is 0 Å². The van der Waals surface area contributed by atoms with E-state index in [9.17, 15) is 4.79 Å². The largest absolute Gasteiger partial charge is 0.396 e. The summed E-state index contributed by atoms with van der Waals surface area (Å²) >= 11 is 0. The van der Waals surface area contributed by atoms with Crippen molar-refractivity contribution in [2.75, 3.05) is 20.3 Å². The minimum atomic E-state index is -0.258. The number of amides is 2. The normalized spacial score (nSPS) is 13.6. The van der Waals surface area contributed by atoms with Crippen molar-refractivity contribution in [2.45, 2.75) is 25.4 Å². The molecule has 1 aromatic rings. The number of aliphatic hydroxyl groups is 1. The van der Waals surface area contributed by atoms with Crippen LogP contribution >= 0.6 is 0 Å². The third kappa shape index (κ3) is 5.72. The maximum atomic E-state index is 11.8. The Hall–Kier alpha value is -1.59. The fourth-order valence-corrected chi connectivity index (χ4v) is 1.76. The van der Waals surface area contributed by atoms with E-state index in [0.717, 1.165) is 5.56 Å². The summed E-state index contributed by atoms with van der Waals surface area (Å²) in [5.41, 5.74) is 0.995. The van der Waals surface area contributed by atoms with Crippen molar-refractivity contribution in [3.8, 4) is 0 Å². The van der Waals surface area contributed by atoms with Crippen LogP contribution in [0.1, 0.15) is 24.9 Å². The van der Waals surface area contributed by atoms with Gasteiger partial charge in [0.2, 0.25) is 0 Å². The maximum Gasteiger partial charge on any atom is 0.315 e. The molecule has 0 radical (unpaired) electrons. The van der Waals surface area contributed by atoms with Crippen LogP contribution in [0.5, 0.6) is 0 Å². The standard InChI is InChI=1S/C14H22N2O3/c1-11(8-9-17)15-14(18)16-13(10-19-2)12-6-4-3-5-7-12/h3-7,11,13,17H,8-10H2,1-2H3,(H2,15,16,18)/t11-,13?/m1/s1. The minimum absolute atomic E-state index is 0.0572. The van der Waals surface area contributed by atoms with Gasteiger partial charge in [-0.15, -0.1) is 0 Å². The minimum Gasteiger partial charge on any atom is -0.396 e. The Morgan fingerprint density at radius 1 is 1.32 bits per heavy atom. The topological polar surface area (TPSA) is 70.6 Å². The lowest BCUT2D eigenvalue weighted by Gasteiger charge is -2.20. The molecule has 0 aromatic heterocycles. The average Bonchev–Trinajstić information content (AvgIpc) is 2.39. The molecule has 0 fully saturated rings. The molecular weight excluding hydrogens is 244 g/mol. The molecule has 0 aliphatic carbocycles. The quantitative estimate of drug-likeness (QED) is 0.699. The lowest BCUT2D eigenvalue weighted by atomic mass is 10.1. The molecule has 3 N–H and O–H groups in total. The van der Waals surface area contributed by atoms with Gasteiger partial charge in [-0.3, -0.25) is 0 Å². The van der Waals surface area contributed by atoms with Crippen molar-refractivity contribution in [1.82, 2.24) is 10.6 Å². The van der Waals surface area contributed by atoms with Gasteiger partial charge in [0.1, 0.15) is 0 Å². The molecule has 5 nitrogen and oxygen atoms in total. The summed E-state index contributed by atoms with van der Waals surface area (Å²) in [6, 6.07) is 9.15. The Kier molecular flexibility index (Phi) is 6.92. The number of rotatable bonds is 7. The highest BCUT2D eigenvalue weighted by atomic mass is 16.5. The van der Waals surface area contributed by atoms with Gasteiger partial charge >= 0.3 is 6.03 Å². The van der Waals surface area contributed by atoms with E-state index >= 15 is 0 Å². The van der Waals surface area contributed by atoms with Gasteiger partial charge in [-0.25, -0.2) is 4.79 Å². The monoisotopic (exact) mass is 266 g/mol. The molecule has 0 bridgehead atoms. The average molecular weight is 266 g/mol. The van der Waals surface area contributed by atoms with Crippen molar-refractivity contribution >= 4 is 6.03 Å². The van der Waals surface area contributed by atoms with Gasteiger partial charge in [-0.05, 0) is 18.9 Å². The summed E-state index contributed by atoms with van der Waals surface area (Å²) in [5.74, 6) is 0. The molecular formula is C14H22N2O3. The van der Waals surface area contributed by atoms with Gasteiger partial charge in [0.15, 0.2) is 0 Å². The number of methoxy groups -OCH3 is 1. The highest BCUT2D eigenvalue weighted by Gasteiger charge is 2.15. The number of carbonyl (C=O) groups is 1. The summed E-state index contributed by atoms with van der Waals surface area (Å²) in [5, 5.41) is 14.4. The van der Waals surface area contributed by atoms with Crippen LogP contribution in [-0.4, -0.2) is 37.5 Å². The van der Waals surface area contributed by atoms with Crippen LogP contribution in [0.2, 0.25) is 0 Å². The van der Waals surface area contributed by atoms with E-state index in [1.807, 2.05) is 37.3 Å². The molecule has 0 saturated heterocycles. The first-order valence-electron chi connectivity index (χ1n) is 6.39. The zero-order valence-corrected chi connectivity index (χ0v) is 11.4. The molecule has 0 saturated carbocycles. The van der Waals surface area contributed by atoms with Crippen LogP contribution in [-0.2, 0) is 4.74 Å².